The number of nitrogens with zero attached hydrogens (tertiary/aromatic N) is 7. The summed E-state index contributed by atoms with van der Waals surface area (Å²) in [4.78, 5) is 18.7. The second kappa shape index (κ2) is 6.70. The molecule has 0 unspecified atom stereocenters. The van der Waals surface area contributed by atoms with Gasteiger partial charge in [-0.05, 0) is 38.8 Å². The van der Waals surface area contributed by atoms with E-state index in [1.54, 1.807) is 17.3 Å². The molecule has 0 spiro atoms. The molecule has 3 heterocycles. The summed E-state index contributed by atoms with van der Waals surface area (Å²) in [6.07, 6.45) is 5.00. The van der Waals surface area contributed by atoms with Crippen molar-refractivity contribution >= 4 is 5.91 Å². The van der Waals surface area contributed by atoms with Crippen molar-refractivity contribution in [2.45, 2.75) is 32.7 Å². The van der Waals surface area contributed by atoms with Gasteiger partial charge in [-0.3, -0.25) is 4.79 Å². The van der Waals surface area contributed by atoms with E-state index < -0.39 is 0 Å². The lowest BCUT2D eigenvalue weighted by atomic mass is 10.0. The molecular weight excluding hydrogens is 330 g/mol. The van der Waals surface area contributed by atoms with Gasteiger partial charge in [0.25, 0.3) is 5.91 Å². The molecule has 1 amide bonds. The first kappa shape index (κ1) is 16.4. The van der Waals surface area contributed by atoms with E-state index in [0.29, 0.717) is 24.8 Å². The number of amides is 1. The molecule has 0 N–H and O–H groups in total. The van der Waals surface area contributed by atoms with Crippen LogP contribution in [0.5, 0.6) is 0 Å². The molecule has 26 heavy (non-hydrogen) atoms. The number of hydrogen-bond donors (Lipinski definition) is 0. The van der Waals surface area contributed by atoms with Crippen LogP contribution in [0.15, 0.2) is 36.9 Å². The zero-order valence-corrected chi connectivity index (χ0v) is 14.9. The number of carbonyl (C=O) groups excluding carboxylic acids is 1. The fourth-order valence-electron chi connectivity index (χ4n) is 3.35. The lowest BCUT2D eigenvalue weighted by Gasteiger charge is -2.31. The molecule has 0 aliphatic carbocycles. The number of likely N-dealkylation sites (tertiary alicyclic amines) is 1. The predicted molar refractivity (Wildman–Crippen MR) is 95.0 cm³/mol. The van der Waals surface area contributed by atoms with Gasteiger partial charge in [0.05, 0.1) is 17.4 Å². The number of piperidine rings is 1. The minimum atomic E-state index is -0.0575. The molecule has 1 aliphatic heterocycles. The quantitative estimate of drug-likeness (QED) is 0.720. The molecule has 0 radical (unpaired) electrons. The third-order valence-corrected chi connectivity index (χ3v) is 4.94. The lowest BCUT2D eigenvalue weighted by molar-refractivity contribution is 0.0683. The molecular formula is C18H21N7O. The lowest BCUT2D eigenvalue weighted by Crippen LogP contribution is -2.39. The highest BCUT2D eigenvalue weighted by atomic mass is 16.2. The van der Waals surface area contributed by atoms with Crippen molar-refractivity contribution in [3.8, 4) is 5.69 Å². The second-order valence-corrected chi connectivity index (χ2v) is 6.67. The highest BCUT2D eigenvalue weighted by Crippen LogP contribution is 2.23. The molecule has 1 fully saturated rings. The summed E-state index contributed by atoms with van der Waals surface area (Å²) in [6, 6.07) is 8.30. The standard InChI is InChI=1S/C18H21N7O/c1-13-3-5-16(6-4-13)25-14(2)17(21-22-25)18(26)23-9-7-15(8-10-23)24-12-19-11-20-24/h3-6,11-12,15H,7-10H2,1-2H3. The largest absolute Gasteiger partial charge is 0.337 e. The highest BCUT2D eigenvalue weighted by molar-refractivity contribution is 5.93. The van der Waals surface area contributed by atoms with Crippen LogP contribution in [0.2, 0.25) is 0 Å². The molecule has 1 aliphatic rings. The van der Waals surface area contributed by atoms with Crippen LogP contribution in [-0.2, 0) is 0 Å². The van der Waals surface area contributed by atoms with Gasteiger partial charge in [0.15, 0.2) is 5.69 Å². The Balaban J connectivity index is 1.48. The van der Waals surface area contributed by atoms with E-state index in [1.807, 2.05) is 47.7 Å². The van der Waals surface area contributed by atoms with E-state index in [1.165, 1.54) is 5.56 Å². The molecule has 0 bridgehead atoms. The van der Waals surface area contributed by atoms with E-state index >= 15 is 0 Å². The van der Waals surface area contributed by atoms with Crippen molar-refractivity contribution in [1.82, 2.24) is 34.7 Å². The van der Waals surface area contributed by atoms with Gasteiger partial charge in [0.2, 0.25) is 0 Å². The molecule has 0 saturated carbocycles. The van der Waals surface area contributed by atoms with Gasteiger partial charge in [-0.15, -0.1) is 5.10 Å². The predicted octanol–water partition coefficient (Wildman–Crippen LogP) is 1.95. The zero-order chi connectivity index (χ0) is 18.1. The molecule has 0 atom stereocenters. The maximum absolute atomic E-state index is 12.9. The summed E-state index contributed by atoms with van der Waals surface area (Å²) in [5.74, 6) is -0.0575. The fraction of sp³-hybridized carbons (Fsp3) is 0.389. The average Bonchev–Trinajstić information content (AvgIpc) is 3.32. The van der Waals surface area contributed by atoms with Crippen molar-refractivity contribution < 1.29 is 4.79 Å². The van der Waals surface area contributed by atoms with Crippen molar-refractivity contribution in [2.75, 3.05) is 13.1 Å². The van der Waals surface area contributed by atoms with Crippen LogP contribution < -0.4 is 0 Å². The first-order chi connectivity index (χ1) is 12.6. The average molecular weight is 351 g/mol. The van der Waals surface area contributed by atoms with E-state index in [4.69, 9.17) is 0 Å². The molecule has 134 valence electrons. The Morgan fingerprint density at radius 2 is 1.85 bits per heavy atom. The molecule has 1 aromatic carbocycles. The first-order valence-electron chi connectivity index (χ1n) is 8.76. The minimum Gasteiger partial charge on any atom is -0.337 e. The number of aryl methyl sites for hydroxylation is 1. The van der Waals surface area contributed by atoms with Crippen LogP contribution in [0.4, 0.5) is 0 Å². The van der Waals surface area contributed by atoms with E-state index in [9.17, 15) is 4.79 Å². The number of carbonyl (C=O) groups is 1. The molecule has 1 saturated heterocycles. The summed E-state index contributed by atoms with van der Waals surface area (Å²) in [7, 11) is 0. The zero-order valence-electron chi connectivity index (χ0n) is 14.9. The highest BCUT2D eigenvalue weighted by Gasteiger charge is 2.28. The topological polar surface area (TPSA) is 81.7 Å². The summed E-state index contributed by atoms with van der Waals surface area (Å²) >= 11 is 0. The SMILES string of the molecule is Cc1ccc(-n2nnc(C(=O)N3CCC(n4cncn4)CC3)c2C)cc1. The number of rotatable bonds is 3. The molecule has 4 rings (SSSR count). The van der Waals surface area contributed by atoms with Crippen LogP contribution in [0.3, 0.4) is 0 Å². The first-order valence-corrected chi connectivity index (χ1v) is 8.76. The van der Waals surface area contributed by atoms with Gasteiger partial charge in [-0.2, -0.15) is 5.10 Å². The molecule has 2 aromatic heterocycles. The maximum atomic E-state index is 12.9. The Hall–Kier alpha value is -3.03. The van der Waals surface area contributed by atoms with Crippen molar-refractivity contribution in [3.05, 3.63) is 53.9 Å². The third kappa shape index (κ3) is 2.98. The van der Waals surface area contributed by atoms with Crippen molar-refractivity contribution in [1.29, 1.82) is 0 Å². The summed E-state index contributed by atoms with van der Waals surface area (Å²) < 4.78 is 3.59. The van der Waals surface area contributed by atoms with Crippen LogP contribution in [0.1, 0.15) is 40.6 Å². The van der Waals surface area contributed by atoms with Gasteiger partial charge >= 0.3 is 0 Å². The Morgan fingerprint density at radius 1 is 1.12 bits per heavy atom. The number of hydrogen-bond acceptors (Lipinski definition) is 5. The molecule has 8 heteroatoms. The van der Waals surface area contributed by atoms with E-state index in [-0.39, 0.29) is 5.91 Å². The maximum Gasteiger partial charge on any atom is 0.276 e. The Labute approximate surface area is 151 Å². The van der Waals surface area contributed by atoms with Gasteiger partial charge < -0.3 is 4.90 Å². The Morgan fingerprint density at radius 3 is 2.50 bits per heavy atom. The van der Waals surface area contributed by atoms with Gasteiger partial charge in [0, 0.05) is 13.1 Å². The summed E-state index contributed by atoms with van der Waals surface area (Å²) in [6.45, 7) is 5.28. The van der Waals surface area contributed by atoms with Crippen LogP contribution in [-0.4, -0.2) is 53.7 Å². The third-order valence-electron chi connectivity index (χ3n) is 4.94. The van der Waals surface area contributed by atoms with Crippen LogP contribution in [0.25, 0.3) is 5.69 Å². The van der Waals surface area contributed by atoms with Crippen LogP contribution >= 0.6 is 0 Å². The monoisotopic (exact) mass is 351 g/mol. The summed E-state index contributed by atoms with van der Waals surface area (Å²) in [5, 5.41) is 12.5. The van der Waals surface area contributed by atoms with Crippen molar-refractivity contribution in [2.24, 2.45) is 0 Å². The second-order valence-electron chi connectivity index (χ2n) is 6.67. The van der Waals surface area contributed by atoms with E-state index in [0.717, 1.165) is 24.2 Å². The summed E-state index contributed by atoms with van der Waals surface area (Å²) in [5.41, 5.74) is 3.27. The Kier molecular flexibility index (Phi) is 4.24. The normalized spacial score (nSPS) is 15.4. The molecule has 3 aromatic rings. The van der Waals surface area contributed by atoms with Gasteiger partial charge in [-0.1, -0.05) is 22.9 Å². The van der Waals surface area contributed by atoms with Gasteiger partial charge in [0.1, 0.15) is 12.7 Å². The van der Waals surface area contributed by atoms with Crippen LogP contribution in [0, 0.1) is 13.8 Å². The van der Waals surface area contributed by atoms with Gasteiger partial charge in [-0.25, -0.2) is 14.3 Å². The Bertz CT molecular complexity index is 890. The fourth-order valence-corrected chi connectivity index (χ4v) is 3.35. The van der Waals surface area contributed by atoms with E-state index in [2.05, 4.69) is 20.4 Å². The van der Waals surface area contributed by atoms with Crippen molar-refractivity contribution in [3.63, 3.8) is 0 Å². The smallest absolute Gasteiger partial charge is 0.276 e. The molecule has 8 nitrogen and oxygen atoms in total. The minimum absolute atomic E-state index is 0.0575. The number of aromatic nitrogens is 6. The number of benzene rings is 1.